The molecule has 2 rings (SSSR count). The van der Waals surface area contributed by atoms with Crippen molar-refractivity contribution in [3.05, 3.63) is 16.3 Å². The first-order valence-corrected chi connectivity index (χ1v) is 8.59. The number of thiophene rings is 1. The van der Waals surface area contributed by atoms with Crippen molar-refractivity contribution >= 4 is 27.3 Å². The van der Waals surface area contributed by atoms with Gasteiger partial charge in [0, 0.05) is 12.6 Å². The van der Waals surface area contributed by atoms with Gasteiger partial charge in [0.05, 0.1) is 0 Å². The van der Waals surface area contributed by atoms with Gasteiger partial charge in [0.15, 0.2) is 0 Å². The van der Waals surface area contributed by atoms with Gasteiger partial charge in [-0.3, -0.25) is 0 Å². The zero-order chi connectivity index (χ0) is 14.0. The minimum Gasteiger partial charge on any atom is -0.477 e. The zero-order valence-corrected chi connectivity index (χ0v) is 12.3. The van der Waals surface area contributed by atoms with E-state index in [0.717, 1.165) is 37.0 Å². The Morgan fingerprint density at radius 2 is 2.16 bits per heavy atom. The van der Waals surface area contributed by atoms with Gasteiger partial charge in [-0.25, -0.2) is 13.2 Å². The molecule has 1 aromatic rings. The Morgan fingerprint density at radius 3 is 2.84 bits per heavy atom. The van der Waals surface area contributed by atoms with E-state index in [1.54, 1.807) is 0 Å². The lowest BCUT2D eigenvalue weighted by molar-refractivity contribution is 0.0698. The largest absolute Gasteiger partial charge is 0.477 e. The van der Waals surface area contributed by atoms with Gasteiger partial charge in [-0.2, -0.15) is 4.31 Å². The summed E-state index contributed by atoms with van der Waals surface area (Å²) in [7, 11) is -3.70. The molecule has 2 heterocycles. The molecule has 0 aliphatic carbocycles. The summed E-state index contributed by atoms with van der Waals surface area (Å²) in [6.45, 7) is 2.36. The monoisotopic (exact) mass is 303 g/mol. The van der Waals surface area contributed by atoms with Crippen molar-refractivity contribution in [3.63, 3.8) is 0 Å². The molecule has 5 nitrogen and oxygen atoms in total. The summed E-state index contributed by atoms with van der Waals surface area (Å²) in [5, 5.41) is 10.6. The van der Waals surface area contributed by atoms with E-state index in [1.165, 1.54) is 15.8 Å². The second kappa shape index (κ2) is 5.60. The molecular weight excluding hydrogens is 286 g/mol. The van der Waals surface area contributed by atoms with Gasteiger partial charge in [0.2, 0.25) is 10.0 Å². The van der Waals surface area contributed by atoms with E-state index in [9.17, 15) is 13.2 Å². The molecule has 19 heavy (non-hydrogen) atoms. The van der Waals surface area contributed by atoms with Crippen LogP contribution >= 0.6 is 11.3 Å². The van der Waals surface area contributed by atoms with E-state index in [-0.39, 0.29) is 15.8 Å². The number of rotatable bonds is 3. The average Bonchev–Trinajstić information content (AvgIpc) is 2.74. The minimum absolute atomic E-state index is 0.0706. The minimum atomic E-state index is -3.70. The third-order valence-corrected chi connectivity index (χ3v) is 6.49. The van der Waals surface area contributed by atoms with Crippen LogP contribution in [0.3, 0.4) is 0 Å². The van der Waals surface area contributed by atoms with Crippen LogP contribution in [0, 0.1) is 0 Å². The predicted octanol–water partition coefficient (Wildman–Crippen LogP) is 2.40. The fourth-order valence-electron chi connectivity index (χ4n) is 2.39. The van der Waals surface area contributed by atoms with Crippen LogP contribution in [-0.4, -0.2) is 36.4 Å². The van der Waals surface area contributed by atoms with Crippen LogP contribution in [0.15, 0.2) is 16.3 Å². The highest BCUT2D eigenvalue weighted by Gasteiger charge is 2.33. The molecule has 0 radical (unpaired) electrons. The Labute approximate surface area is 116 Å². The topological polar surface area (TPSA) is 74.7 Å². The molecule has 1 N–H and O–H groups in total. The van der Waals surface area contributed by atoms with E-state index < -0.39 is 16.0 Å². The molecule has 0 bridgehead atoms. The fraction of sp³-hybridized carbons (Fsp3) is 0.583. The standard InChI is InChI=1S/C12H17NO4S2/c1-9-5-3-2-4-7-13(9)19(16,17)10-6-8-18-11(10)12(14)15/h6,8-9H,2-5,7H2,1H3,(H,14,15). The first-order valence-electron chi connectivity index (χ1n) is 6.27. The van der Waals surface area contributed by atoms with Crippen LogP contribution in [0.4, 0.5) is 0 Å². The highest BCUT2D eigenvalue weighted by Crippen LogP contribution is 2.29. The molecule has 0 saturated carbocycles. The first kappa shape index (κ1) is 14.5. The average molecular weight is 303 g/mol. The lowest BCUT2D eigenvalue weighted by atomic mass is 10.1. The van der Waals surface area contributed by atoms with Gasteiger partial charge in [-0.05, 0) is 31.2 Å². The number of carboxylic acids is 1. The van der Waals surface area contributed by atoms with Crippen LogP contribution in [0.2, 0.25) is 0 Å². The maximum Gasteiger partial charge on any atom is 0.347 e. The van der Waals surface area contributed by atoms with E-state index in [4.69, 9.17) is 5.11 Å². The van der Waals surface area contributed by atoms with Gasteiger partial charge in [-0.1, -0.05) is 12.8 Å². The summed E-state index contributed by atoms with van der Waals surface area (Å²) in [4.78, 5) is 10.9. The highest BCUT2D eigenvalue weighted by atomic mass is 32.2. The molecule has 1 fully saturated rings. The molecule has 1 saturated heterocycles. The smallest absolute Gasteiger partial charge is 0.347 e. The number of carboxylic acid groups (broad SMARTS) is 1. The summed E-state index contributed by atoms with van der Waals surface area (Å²) >= 11 is 0.950. The first-order chi connectivity index (χ1) is 8.94. The fourth-order valence-corrected chi connectivity index (χ4v) is 5.32. The maximum atomic E-state index is 12.6. The third-order valence-electron chi connectivity index (χ3n) is 3.40. The Balaban J connectivity index is 2.40. The molecule has 1 aliphatic rings. The van der Waals surface area contributed by atoms with Crippen LogP contribution in [0.25, 0.3) is 0 Å². The van der Waals surface area contributed by atoms with E-state index in [2.05, 4.69) is 0 Å². The summed E-state index contributed by atoms with van der Waals surface area (Å²) in [5.41, 5.74) is 0. The lowest BCUT2D eigenvalue weighted by Gasteiger charge is -2.26. The Morgan fingerprint density at radius 1 is 1.42 bits per heavy atom. The molecule has 1 atom stereocenters. The highest BCUT2D eigenvalue weighted by molar-refractivity contribution is 7.89. The van der Waals surface area contributed by atoms with Crippen LogP contribution in [-0.2, 0) is 10.0 Å². The van der Waals surface area contributed by atoms with Crippen molar-refractivity contribution in [2.24, 2.45) is 0 Å². The molecule has 106 valence electrons. The quantitative estimate of drug-likeness (QED) is 0.930. The number of aromatic carboxylic acids is 1. The van der Waals surface area contributed by atoms with Crippen LogP contribution in [0.5, 0.6) is 0 Å². The number of carbonyl (C=O) groups is 1. The van der Waals surface area contributed by atoms with Crippen LogP contribution in [0.1, 0.15) is 42.3 Å². The Hall–Kier alpha value is -0.920. The van der Waals surface area contributed by atoms with Gasteiger partial charge in [0.25, 0.3) is 0 Å². The molecule has 0 spiro atoms. The molecule has 1 aliphatic heterocycles. The van der Waals surface area contributed by atoms with E-state index in [1.807, 2.05) is 6.92 Å². The van der Waals surface area contributed by atoms with Crippen LogP contribution < -0.4 is 0 Å². The molecule has 1 unspecified atom stereocenters. The van der Waals surface area contributed by atoms with E-state index in [0.29, 0.717) is 6.54 Å². The molecular formula is C12H17NO4S2. The summed E-state index contributed by atoms with van der Waals surface area (Å²) in [5.74, 6) is -1.18. The maximum absolute atomic E-state index is 12.6. The molecule has 7 heteroatoms. The summed E-state index contributed by atoms with van der Waals surface area (Å²) in [6.07, 6.45) is 3.69. The second-order valence-corrected chi connectivity index (χ2v) is 7.51. The lowest BCUT2D eigenvalue weighted by Crippen LogP contribution is -2.38. The van der Waals surface area contributed by atoms with Crippen molar-refractivity contribution in [2.75, 3.05) is 6.54 Å². The zero-order valence-electron chi connectivity index (χ0n) is 10.7. The van der Waals surface area contributed by atoms with Crippen molar-refractivity contribution in [2.45, 2.75) is 43.5 Å². The van der Waals surface area contributed by atoms with Gasteiger partial charge in [0.1, 0.15) is 9.77 Å². The van der Waals surface area contributed by atoms with E-state index >= 15 is 0 Å². The number of hydrogen-bond donors (Lipinski definition) is 1. The SMILES string of the molecule is CC1CCCCCN1S(=O)(=O)c1ccsc1C(=O)O. The third kappa shape index (κ3) is 2.82. The molecule has 0 aromatic carbocycles. The van der Waals surface area contributed by atoms with Gasteiger partial charge in [-0.15, -0.1) is 11.3 Å². The summed E-state index contributed by atoms with van der Waals surface area (Å²) in [6, 6.07) is 1.31. The molecule has 1 aromatic heterocycles. The molecule has 0 amide bonds. The number of nitrogens with zero attached hydrogens (tertiary/aromatic N) is 1. The Bertz CT molecular complexity index is 564. The van der Waals surface area contributed by atoms with Crippen molar-refractivity contribution in [1.29, 1.82) is 0 Å². The van der Waals surface area contributed by atoms with Crippen molar-refractivity contribution in [1.82, 2.24) is 4.31 Å². The second-order valence-electron chi connectivity index (χ2n) is 4.73. The number of sulfonamides is 1. The number of hydrogen-bond acceptors (Lipinski definition) is 4. The Kier molecular flexibility index (Phi) is 4.27. The normalized spacial score (nSPS) is 22.1. The van der Waals surface area contributed by atoms with Gasteiger partial charge >= 0.3 is 5.97 Å². The van der Waals surface area contributed by atoms with Crippen molar-refractivity contribution < 1.29 is 18.3 Å². The summed E-state index contributed by atoms with van der Waals surface area (Å²) < 4.78 is 26.7. The van der Waals surface area contributed by atoms with Crippen molar-refractivity contribution in [3.8, 4) is 0 Å². The van der Waals surface area contributed by atoms with Gasteiger partial charge < -0.3 is 5.11 Å². The predicted molar refractivity (Wildman–Crippen MR) is 73.1 cm³/mol.